The van der Waals surface area contributed by atoms with Crippen LogP contribution in [0.15, 0.2) is 67.1 Å². The topological polar surface area (TPSA) is 102 Å². The van der Waals surface area contributed by atoms with Gasteiger partial charge in [0.05, 0.1) is 6.61 Å². The molecular weight excluding hydrogens is 390 g/mol. The average molecular weight is 420 g/mol. The first-order chi connectivity index (χ1) is 15.1. The molecule has 4 N–H and O–H groups in total. The zero-order chi connectivity index (χ0) is 21.9. The Kier molecular flexibility index (Phi) is 8.51. The Labute approximate surface area is 183 Å². The van der Waals surface area contributed by atoms with Crippen molar-refractivity contribution in [3.05, 3.63) is 83.8 Å². The molecular formula is C24H29N5O2. The second-order valence-corrected chi connectivity index (χ2v) is 7.30. The van der Waals surface area contributed by atoms with Crippen LogP contribution in [0.25, 0.3) is 0 Å². The maximum absolute atomic E-state index is 12.4. The lowest BCUT2D eigenvalue weighted by Crippen LogP contribution is -2.31. The van der Waals surface area contributed by atoms with Crippen LogP contribution in [0.5, 0.6) is 0 Å². The molecule has 0 radical (unpaired) electrons. The number of carbonyl (C=O) groups is 1. The van der Waals surface area contributed by atoms with Crippen molar-refractivity contribution in [2.75, 3.05) is 11.1 Å². The van der Waals surface area contributed by atoms with Gasteiger partial charge >= 0.3 is 0 Å². The van der Waals surface area contributed by atoms with Crippen molar-refractivity contribution in [2.45, 2.75) is 45.6 Å². The summed E-state index contributed by atoms with van der Waals surface area (Å²) in [5, 5.41) is 6.30. The molecule has 3 aromatic rings. The maximum Gasteiger partial charge on any atom is 0.255 e. The molecule has 7 nitrogen and oxygen atoms in total. The molecule has 3 rings (SSSR count). The molecule has 7 heteroatoms. The second kappa shape index (κ2) is 11.8. The SMILES string of the molecule is CCCCC(NCc1ccc(C(=O)Nc2ccnc(N)c2)cc1)OCc1cccnc1. The number of pyridine rings is 2. The summed E-state index contributed by atoms with van der Waals surface area (Å²) in [7, 11) is 0. The third kappa shape index (κ3) is 7.47. The first kappa shape index (κ1) is 22.4. The van der Waals surface area contributed by atoms with Gasteiger partial charge in [0.25, 0.3) is 5.91 Å². The number of anilines is 2. The van der Waals surface area contributed by atoms with E-state index in [-0.39, 0.29) is 12.1 Å². The molecule has 1 aromatic carbocycles. The van der Waals surface area contributed by atoms with Gasteiger partial charge in [-0.3, -0.25) is 15.1 Å². The van der Waals surface area contributed by atoms with Crippen LogP contribution in [-0.2, 0) is 17.9 Å². The average Bonchev–Trinajstić information content (AvgIpc) is 2.79. The Morgan fingerprint density at radius 3 is 2.68 bits per heavy atom. The summed E-state index contributed by atoms with van der Waals surface area (Å²) in [5.41, 5.74) is 8.98. The highest BCUT2D eigenvalue weighted by atomic mass is 16.5. The molecule has 0 saturated heterocycles. The molecule has 1 atom stereocenters. The fourth-order valence-electron chi connectivity index (χ4n) is 3.05. The van der Waals surface area contributed by atoms with Crippen LogP contribution in [-0.4, -0.2) is 22.1 Å². The van der Waals surface area contributed by atoms with Crippen molar-refractivity contribution >= 4 is 17.4 Å². The Hall–Kier alpha value is -3.29. The zero-order valence-electron chi connectivity index (χ0n) is 17.8. The summed E-state index contributed by atoms with van der Waals surface area (Å²) in [6.07, 6.45) is 8.23. The van der Waals surface area contributed by atoms with Crippen LogP contribution in [0.4, 0.5) is 11.5 Å². The highest BCUT2D eigenvalue weighted by molar-refractivity contribution is 6.04. The van der Waals surface area contributed by atoms with Gasteiger partial charge in [0.15, 0.2) is 0 Å². The minimum Gasteiger partial charge on any atom is -0.384 e. The summed E-state index contributed by atoms with van der Waals surface area (Å²) >= 11 is 0. The van der Waals surface area contributed by atoms with Crippen molar-refractivity contribution < 1.29 is 9.53 Å². The van der Waals surface area contributed by atoms with Crippen molar-refractivity contribution in [3.8, 4) is 0 Å². The van der Waals surface area contributed by atoms with E-state index in [4.69, 9.17) is 10.5 Å². The van der Waals surface area contributed by atoms with E-state index in [0.717, 1.165) is 30.4 Å². The third-order valence-electron chi connectivity index (χ3n) is 4.78. The summed E-state index contributed by atoms with van der Waals surface area (Å²) < 4.78 is 6.06. The first-order valence-electron chi connectivity index (χ1n) is 10.5. The van der Waals surface area contributed by atoms with Crippen molar-refractivity contribution in [3.63, 3.8) is 0 Å². The van der Waals surface area contributed by atoms with E-state index < -0.39 is 0 Å². The van der Waals surface area contributed by atoms with Crippen LogP contribution >= 0.6 is 0 Å². The number of aromatic nitrogens is 2. The van der Waals surface area contributed by atoms with Gasteiger partial charge in [0.1, 0.15) is 12.0 Å². The van der Waals surface area contributed by atoms with E-state index in [0.29, 0.717) is 30.2 Å². The van der Waals surface area contributed by atoms with E-state index in [2.05, 4.69) is 27.5 Å². The van der Waals surface area contributed by atoms with Crippen molar-refractivity contribution in [1.82, 2.24) is 15.3 Å². The lowest BCUT2D eigenvalue weighted by molar-refractivity contribution is 0.00941. The van der Waals surface area contributed by atoms with Gasteiger partial charge in [-0.1, -0.05) is 31.5 Å². The number of unbranched alkanes of at least 4 members (excludes halogenated alkanes) is 1. The van der Waals surface area contributed by atoms with Gasteiger partial charge in [-0.05, 0) is 48.2 Å². The highest BCUT2D eigenvalue weighted by Gasteiger charge is 2.10. The molecule has 0 bridgehead atoms. The number of nitrogens with zero attached hydrogens (tertiary/aromatic N) is 2. The molecule has 0 fully saturated rings. The number of nitrogens with one attached hydrogen (secondary N) is 2. The maximum atomic E-state index is 12.4. The van der Waals surface area contributed by atoms with Gasteiger partial charge in [0.2, 0.25) is 0 Å². The molecule has 1 amide bonds. The fraction of sp³-hybridized carbons (Fsp3) is 0.292. The number of amides is 1. The Morgan fingerprint density at radius 1 is 1.13 bits per heavy atom. The fourth-order valence-corrected chi connectivity index (χ4v) is 3.05. The van der Waals surface area contributed by atoms with Crippen LogP contribution in [0.2, 0.25) is 0 Å². The number of ether oxygens (including phenoxy) is 1. The summed E-state index contributed by atoms with van der Waals surface area (Å²) in [5.74, 6) is 0.174. The van der Waals surface area contributed by atoms with Crippen LogP contribution in [0.1, 0.15) is 47.7 Å². The largest absolute Gasteiger partial charge is 0.384 e. The molecule has 2 heterocycles. The summed E-state index contributed by atoms with van der Waals surface area (Å²) in [4.78, 5) is 20.5. The van der Waals surface area contributed by atoms with Crippen LogP contribution in [0, 0.1) is 0 Å². The molecule has 31 heavy (non-hydrogen) atoms. The Morgan fingerprint density at radius 2 is 1.97 bits per heavy atom. The predicted octanol–water partition coefficient (Wildman–Crippen LogP) is 4.13. The van der Waals surface area contributed by atoms with E-state index in [1.54, 1.807) is 24.5 Å². The number of hydrogen-bond donors (Lipinski definition) is 3. The normalized spacial score (nSPS) is 11.8. The van der Waals surface area contributed by atoms with Gasteiger partial charge in [-0.25, -0.2) is 4.98 Å². The van der Waals surface area contributed by atoms with Gasteiger partial charge < -0.3 is 15.8 Å². The molecule has 1 unspecified atom stereocenters. The van der Waals surface area contributed by atoms with Crippen molar-refractivity contribution in [2.24, 2.45) is 0 Å². The number of rotatable bonds is 11. The van der Waals surface area contributed by atoms with Crippen molar-refractivity contribution in [1.29, 1.82) is 0 Å². The quantitative estimate of drug-likeness (QED) is 0.404. The molecule has 162 valence electrons. The number of nitrogen functional groups attached to an aromatic ring is 1. The summed E-state index contributed by atoms with van der Waals surface area (Å²) in [6, 6.07) is 14.8. The second-order valence-electron chi connectivity index (χ2n) is 7.30. The highest BCUT2D eigenvalue weighted by Crippen LogP contribution is 2.13. The van der Waals surface area contributed by atoms with Crippen LogP contribution < -0.4 is 16.4 Å². The third-order valence-corrected chi connectivity index (χ3v) is 4.78. The molecule has 0 aliphatic heterocycles. The Bertz CT molecular complexity index is 948. The number of carbonyl (C=O) groups excluding carboxylic acids is 1. The smallest absolute Gasteiger partial charge is 0.255 e. The number of nitrogens with two attached hydrogens (primary N) is 1. The van der Waals surface area contributed by atoms with Gasteiger partial charge in [0, 0.05) is 42.5 Å². The standard InChI is InChI=1S/C24H29N5O2/c1-2-3-6-23(31-17-19-5-4-12-26-15-19)28-16-18-7-9-20(10-8-18)24(30)29-21-11-13-27-22(25)14-21/h4-5,7-15,23,28H,2-3,6,16-17H2,1H3,(H3,25,27,29,30). The zero-order valence-corrected chi connectivity index (χ0v) is 17.8. The first-order valence-corrected chi connectivity index (χ1v) is 10.5. The molecule has 0 aliphatic rings. The van der Waals surface area contributed by atoms with E-state index in [1.807, 2.05) is 42.6 Å². The molecule has 0 saturated carbocycles. The lowest BCUT2D eigenvalue weighted by atomic mass is 10.1. The van der Waals surface area contributed by atoms with Gasteiger partial charge in [-0.2, -0.15) is 0 Å². The Balaban J connectivity index is 1.52. The molecule has 2 aromatic heterocycles. The minimum absolute atomic E-state index is 0.0414. The monoisotopic (exact) mass is 419 g/mol. The number of hydrogen-bond acceptors (Lipinski definition) is 6. The molecule has 0 aliphatic carbocycles. The van der Waals surface area contributed by atoms with Crippen LogP contribution in [0.3, 0.4) is 0 Å². The van der Waals surface area contributed by atoms with E-state index in [1.165, 1.54) is 0 Å². The lowest BCUT2D eigenvalue weighted by Gasteiger charge is -2.19. The number of benzene rings is 1. The van der Waals surface area contributed by atoms with Gasteiger partial charge in [-0.15, -0.1) is 0 Å². The summed E-state index contributed by atoms with van der Waals surface area (Å²) in [6.45, 7) is 3.35. The van der Waals surface area contributed by atoms with E-state index >= 15 is 0 Å². The predicted molar refractivity (Wildman–Crippen MR) is 122 cm³/mol. The minimum atomic E-state index is -0.189. The molecule has 0 spiro atoms. The van der Waals surface area contributed by atoms with E-state index in [9.17, 15) is 4.79 Å².